The highest BCUT2D eigenvalue weighted by atomic mass is 127. The molecule has 1 aromatic heterocycles. The summed E-state index contributed by atoms with van der Waals surface area (Å²) in [6.07, 6.45) is 5.42. The first-order chi connectivity index (χ1) is 8.18. The van der Waals surface area contributed by atoms with Crippen molar-refractivity contribution >= 4 is 28.5 Å². The minimum Gasteiger partial charge on any atom is -0.342 e. The van der Waals surface area contributed by atoms with Crippen LogP contribution in [0.3, 0.4) is 0 Å². The van der Waals surface area contributed by atoms with Gasteiger partial charge in [-0.15, -0.1) is 0 Å². The minimum atomic E-state index is 0.00417. The molecule has 3 rings (SSSR count). The van der Waals surface area contributed by atoms with Crippen molar-refractivity contribution in [2.45, 2.75) is 31.2 Å². The van der Waals surface area contributed by atoms with Crippen LogP contribution in [0.2, 0.25) is 0 Å². The fraction of sp³-hybridized carbons (Fsp3) is 0.538. The van der Waals surface area contributed by atoms with E-state index < -0.39 is 0 Å². The van der Waals surface area contributed by atoms with Crippen LogP contribution in [0.5, 0.6) is 0 Å². The predicted octanol–water partition coefficient (Wildman–Crippen LogP) is 2.41. The molecule has 4 heteroatoms. The van der Waals surface area contributed by atoms with Crippen LogP contribution in [0.4, 0.5) is 0 Å². The SMILES string of the molecule is CN1C(=O)C(c2ccc(I)cn2)C2CCCC21. The highest BCUT2D eigenvalue weighted by molar-refractivity contribution is 14.1. The van der Waals surface area contributed by atoms with E-state index in [0.717, 1.165) is 15.7 Å². The number of likely N-dealkylation sites (tertiary alicyclic amines) is 1. The van der Waals surface area contributed by atoms with Gasteiger partial charge in [0.25, 0.3) is 0 Å². The lowest BCUT2D eigenvalue weighted by Crippen LogP contribution is -2.29. The molecule has 0 N–H and O–H groups in total. The molecule has 1 amide bonds. The molecule has 17 heavy (non-hydrogen) atoms. The molecule has 2 aliphatic rings. The van der Waals surface area contributed by atoms with Gasteiger partial charge >= 0.3 is 0 Å². The number of amides is 1. The van der Waals surface area contributed by atoms with Gasteiger partial charge in [-0.1, -0.05) is 6.42 Å². The zero-order valence-electron chi connectivity index (χ0n) is 9.77. The van der Waals surface area contributed by atoms with Gasteiger partial charge in [0.05, 0.1) is 11.6 Å². The van der Waals surface area contributed by atoms with Gasteiger partial charge in [0.2, 0.25) is 5.91 Å². The summed E-state index contributed by atoms with van der Waals surface area (Å²) < 4.78 is 1.12. The van der Waals surface area contributed by atoms with E-state index >= 15 is 0 Å². The van der Waals surface area contributed by atoms with Crippen LogP contribution < -0.4 is 0 Å². The number of halogens is 1. The minimum absolute atomic E-state index is 0.00417. The van der Waals surface area contributed by atoms with Gasteiger partial charge in [-0.25, -0.2) is 0 Å². The van der Waals surface area contributed by atoms with Gasteiger partial charge in [0, 0.05) is 22.9 Å². The van der Waals surface area contributed by atoms with Gasteiger partial charge < -0.3 is 4.90 Å². The maximum Gasteiger partial charge on any atom is 0.232 e. The van der Waals surface area contributed by atoms with Crippen molar-refractivity contribution in [3.05, 3.63) is 27.6 Å². The third-order valence-electron chi connectivity index (χ3n) is 4.14. The van der Waals surface area contributed by atoms with Crippen LogP contribution in [0.25, 0.3) is 0 Å². The number of likely N-dealkylation sites (N-methyl/N-ethyl adjacent to an activating group) is 1. The highest BCUT2D eigenvalue weighted by Crippen LogP contribution is 2.45. The summed E-state index contributed by atoms with van der Waals surface area (Å²) in [6.45, 7) is 0. The Kier molecular flexibility index (Phi) is 2.84. The Balaban J connectivity index is 1.96. The van der Waals surface area contributed by atoms with E-state index in [1.165, 1.54) is 12.8 Å². The van der Waals surface area contributed by atoms with Crippen molar-refractivity contribution in [1.82, 2.24) is 9.88 Å². The van der Waals surface area contributed by atoms with Crippen LogP contribution in [-0.2, 0) is 4.79 Å². The Labute approximate surface area is 115 Å². The Bertz CT molecular complexity index is 445. The second-order valence-corrected chi connectivity index (χ2v) is 6.24. The zero-order chi connectivity index (χ0) is 12.0. The lowest BCUT2D eigenvalue weighted by atomic mass is 9.89. The first-order valence-electron chi connectivity index (χ1n) is 6.06. The predicted molar refractivity (Wildman–Crippen MR) is 73.6 cm³/mol. The molecular weight excluding hydrogens is 327 g/mol. The normalized spacial score (nSPS) is 32.0. The molecule has 90 valence electrons. The second kappa shape index (κ2) is 4.23. The molecule has 0 aromatic carbocycles. The van der Waals surface area contributed by atoms with Gasteiger partial charge in [-0.2, -0.15) is 0 Å². The molecule has 1 saturated heterocycles. The van der Waals surface area contributed by atoms with Crippen LogP contribution in [0, 0.1) is 9.49 Å². The lowest BCUT2D eigenvalue weighted by Gasteiger charge is -2.17. The average Bonchev–Trinajstić information content (AvgIpc) is 2.87. The quantitative estimate of drug-likeness (QED) is 0.735. The van der Waals surface area contributed by atoms with Gasteiger partial charge in [-0.3, -0.25) is 9.78 Å². The van der Waals surface area contributed by atoms with E-state index in [0.29, 0.717) is 12.0 Å². The summed E-state index contributed by atoms with van der Waals surface area (Å²) in [5.74, 6) is 0.748. The Morgan fingerprint density at radius 2 is 2.24 bits per heavy atom. The fourth-order valence-electron chi connectivity index (χ4n) is 3.32. The molecule has 1 aliphatic carbocycles. The summed E-state index contributed by atoms with van der Waals surface area (Å²) in [6, 6.07) is 4.51. The van der Waals surface area contributed by atoms with Crippen molar-refractivity contribution in [3.8, 4) is 0 Å². The monoisotopic (exact) mass is 342 g/mol. The second-order valence-electron chi connectivity index (χ2n) is 4.99. The number of hydrogen-bond acceptors (Lipinski definition) is 2. The van der Waals surface area contributed by atoms with E-state index in [4.69, 9.17) is 0 Å². The third kappa shape index (κ3) is 1.77. The van der Waals surface area contributed by atoms with E-state index in [9.17, 15) is 4.79 Å². The number of nitrogens with zero attached hydrogens (tertiary/aromatic N) is 2. The Morgan fingerprint density at radius 3 is 2.94 bits per heavy atom. The maximum atomic E-state index is 12.3. The van der Waals surface area contributed by atoms with E-state index in [1.807, 2.05) is 30.3 Å². The van der Waals surface area contributed by atoms with E-state index in [-0.39, 0.29) is 11.8 Å². The maximum absolute atomic E-state index is 12.3. The summed E-state index contributed by atoms with van der Waals surface area (Å²) >= 11 is 2.24. The number of carbonyl (C=O) groups excluding carboxylic acids is 1. The van der Waals surface area contributed by atoms with Gasteiger partial charge in [0.15, 0.2) is 0 Å². The van der Waals surface area contributed by atoms with Crippen molar-refractivity contribution in [2.75, 3.05) is 7.05 Å². The van der Waals surface area contributed by atoms with Crippen molar-refractivity contribution < 1.29 is 4.79 Å². The summed E-state index contributed by atoms with van der Waals surface area (Å²) in [5.41, 5.74) is 0.955. The van der Waals surface area contributed by atoms with Crippen LogP contribution in [-0.4, -0.2) is 28.9 Å². The van der Waals surface area contributed by atoms with E-state index in [2.05, 4.69) is 27.6 Å². The summed E-state index contributed by atoms with van der Waals surface area (Å²) in [5, 5.41) is 0. The molecule has 1 aliphatic heterocycles. The van der Waals surface area contributed by atoms with E-state index in [1.54, 1.807) is 0 Å². The summed E-state index contributed by atoms with van der Waals surface area (Å²) in [7, 11) is 1.94. The standard InChI is InChI=1S/C13H15IN2O/c1-16-11-4-2-3-9(11)12(13(16)17)10-6-5-8(14)7-15-10/h5-7,9,11-12H,2-4H2,1H3. The van der Waals surface area contributed by atoms with Gasteiger partial charge in [-0.05, 0) is 53.5 Å². The van der Waals surface area contributed by atoms with Crippen LogP contribution >= 0.6 is 22.6 Å². The third-order valence-corrected chi connectivity index (χ3v) is 4.78. The molecule has 3 atom stereocenters. The molecule has 0 radical (unpaired) electrons. The zero-order valence-corrected chi connectivity index (χ0v) is 11.9. The molecular formula is C13H15IN2O. The first kappa shape index (κ1) is 11.4. The van der Waals surface area contributed by atoms with Gasteiger partial charge in [0.1, 0.15) is 0 Å². The average molecular weight is 342 g/mol. The first-order valence-corrected chi connectivity index (χ1v) is 7.14. The van der Waals surface area contributed by atoms with Crippen molar-refractivity contribution in [1.29, 1.82) is 0 Å². The molecule has 2 fully saturated rings. The molecule has 2 heterocycles. The molecule has 1 aromatic rings. The molecule has 1 saturated carbocycles. The largest absolute Gasteiger partial charge is 0.342 e. The lowest BCUT2D eigenvalue weighted by molar-refractivity contribution is -0.129. The number of fused-ring (bicyclic) bond motifs is 1. The molecule has 0 bridgehead atoms. The Hall–Kier alpha value is -0.650. The molecule has 0 spiro atoms. The van der Waals surface area contributed by atoms with Crippen molar-refractivity contribution in [3.63, 3.8) is 0 Å². The Morgan fingerprint density at radius 1 is 1.41 bits per heavy atom. The number of pyridine rings is 1. The smallest absolute Gasteiger partial charge is 0.232 e. The van der Waals surface area contributed by atoms with Crippen LogP contribution in [0.1, 0.15) is 30.9 Å². The number of rotatable bonds is 1. The number of carbonyl (C=O) groups is 1. The fourth-order valence-corrected chi connectivity index (χ4v) is 3.64. The molecule has 3 nitrogen and oxygen atoms in total. The topological polar surface area (TPSA) is 33.2 Å². The van der Waals surface area contributed by atoms with Crippen molar-refractivity contribution in [2.24, 2.45) is 5.92 Å². The number of hydrogen-bond donors (Lipinski definition) is 0. The summed E-state index contributed by atoms with van der Waals surface area (Å²) in [4.78, 5) is 18.7. The number of aromatic nitrogens is 1. The van der Waals surface area contributed by atoms with Crippen LogP contribution in [0.15, 0.2) is 18.3 Å². The highest BCUT2D eigenvalue weighted by Gasteiger charge is 2.49. The molecule has 3 unspecified atom stereocenters.